The number of halogens is 3. The number of anilines is 1. The number of amides is 1. The van der Waals surface area contributed by atoms with Crippen LogP contribution >= 0.6 is 11.8 Å². The molecule has 3 aromatic rings. The Morgan fingerprint density at radius 3 is 2.67 bits per heavy atom. The summed E-state index contributed by atoms with van der Waals surface area (Å²) < 4.78 is 43.4. The molecule has 3 rings (SSSR count). The first-order valence-corrected chi connectivity index (χ1v) is 8.53. The van der Waals surface area contributed by atoms with Crippen LogP contribution in [-0.4, -0.2) is 27.0 Å². The number of benzene rings is 2. The monoisotopic (exact) mass is 395 g/mol. The number of aromatic nitrogens is 2. The third kappa shape index (κ3) is 4.79. The van der Waals surface area contributed by atoms with Gasteiger partial charge in [0.05, 0.1) is 16.9 Å². The maximum Gasteiger partial charge on any atom is 0.416 e. The summed E-state index contributed by atoms with van der Waals surface area (Å²) in [6.45, 7) is 0. The second-order valence-electron chi connectivity index (χ2n) is 5.31. The summed E-state index contributed by atoms with van der Waals surface area (Å²) in [7, 11) is 0. The zero-order valence-electron chi connectivity index (χ0n) is 13.5. The first kappa shape index (κ1) is 18.8. The summed E-state index contributed by atoms with van der Waals surface area (Å²) in [4.78, 5) is 11.9. The lowest BCUT2D eigenvalue weighted by atomic mass is 10.2. The van der Waals surface area contributed by atoms with Gasteiger partial charge in [-0.2, -0.15) is 13.2 Å². The summed E-state index contributed by atoms with van der Waals surface area (Å²) >= 11 is 0.923. The Balaban J connectivity index is 1.60. The molecule has 0 unspecified atom stereocenters. The normalized spacial score (nSPS) is 11.4. The van der Waals surface area contributed by atoms with E-state index in [0.29, 0.717) is 5.56 Å². The van der Waals surface area contributed by atoms with Crippen LogP contribution in [0.3, 0.4) is 0 Å². The third-order valence-electron chi connectivity index (χ3n) is 3.34. The van der Waals surface area contributed by atoms with Crippen molar-refractivity contribution in [3.63, 3.8) is 0 Å². The zero-order valence-corrected chi connectivity index (χ0v) is 14.3. The fraction of sp³-hybridized carbons (Fsp3) is 0.118. The Labute approximate surface area is 155 Å². The van der Waals surface area contributed by atoms with Crippen molar-refractivity contribution in [3.8, 4) is 17.2 Å². The zero-order chi connectivity index (χ0) is 19.4. The van der Waals surface area contributed by atoms with E-state index < -0.39 is 17.6 Å². The van der Waals surface area contributed by atoms with Crippen molar-refractivity contribution < 1.29 is 27.5 Å². The maximum absolute atomic E-state index is 12.7. The smallest absolute Gasteiger partial charge is 0.416 e. The highest BCUT2D eigenvalue weighted by atomic mass is 32.2. The van der Waals surface area contributed by atoms with E-state index in [1.807, 2.05) is 0 Å². The molecule has 1 aromatic heterocycles. The predicted molar refractivity (Wildman–Crippen MR) is 92.2 cm³/mol. The summed E-state index contributed by atoms with van der Waals surface area (Å²) in [5.74, 6) is -0.603. The average Bonchev–Trinajstić information content (AvgIpc) is 3.09. The Kier molecular flexibility index (Phi) is 5.36. The fourth-order valence-electron chi connectivity index (χ4n) is 2.13. The molecule has 0 atom stereocenters. The van der Waals surface area contributed by atoms with Gasteiger partial charge in [0.25, 0.3) is 11.1 Å². The molecule has 0 saturated heterocycles. The number of nitrogens with zero attached hydrogens (tertiary/aromatic N) is 2. The van der Waals surface area contributed by atoms with Gasteiger partial charge in [0.2, 0.25) is 5.91 Å². The van der Waals surface area contributed by atoms with Gasteiger partial charge >= 0.3 is 6.18 Å². The van der Waals surface area contributed by atoms with E-state index in [9.17, 15) is 23.1 Å². The summed E-state index contributed by atoms with van der Waals surface area (Å²) in [6, 6.07) is 10.7. The number of para-hydroxylation sites is 1. The first-order chi connectivity index (χ1) is 12.8. The van der Waals surface area contributed by atoms with Gasteiger partial charge in [-0.3, -0.25) is 4.79 Å². The van der Waals surface area contributed by atoms with Gasteiger partial charge in [-0.15, -0.1) is 10.2 Å². The number of nitrogens with one attached hydrogen (secondary N) is 1. The molecule has 1 heterocycles. The van der Waals surface area contributed by atoms with Gasteiger partial charge in [0.1, 0.15) is 5.75 Å². The van der Waals surface area contributed by atoms with E-state index in [2.05, 4.69) is 15.5 Å². The van der Waals surface area contributed by atoms with Crippen LogP contribution in [0.5, 0.6) is 5.75 Å². The quantitative estimate of drug-likeness (QED) is 0.630. The van der Waals surface area contributed by atoms with Crippen molar-refractivity contribution in [3.05, 3.63) is 54.1 Å². The standard InChI is InChI=1S/C17H12F3N3O3S/c18-17(19,20)10-4-3-5-11(8-10)21-14(25)9-27-16-23-22-15(26-16)12-6-1-2-7-13(12)24/h1-8,24H,9H2,(H,21,25). The van der Waals surface area contributed by atoms with Gasteiger partial charge in [-0.25, -0.2) is 0 Å². The molecule has 0 saturated carbocycles. The minimum Gasteiger partial charge on any atom is -0.507 e. The molecule has 0 aliphatic carbocycles. The molecular formula is C17H12F3N3O3S. The Morgan fingerprint density at radius 1 is 1.15 bits per heavy atom. The van der Waals surface area contributed by atoms with Crippen molar-refractivity contribution in [1.29, 1.82) is 0 Å². The van der Waals surface area contributed by atoms with Crippen molar-refractivity contribution in [2.24, 2.45) is 0 Å². The Morgan fingerprint density at radius 2 is 1.93 bits per heavy atom. The number of aromatic hydroxyl groups is 1. The number of phenolic OH excluding ortho intramolecular Hbond substituents is 1. The lowest BCUT2D eigenvalue weighted by Gasteiger charge is -2.09. The van der Waals surface area contributed by atoms with Crippen LogP contribution in [0.4, 0.5) is 18.9 Å². The molecule has 0 aliphatic heterocycles. The van der Waals surface area contributed by atoms with Gasteiger partial charge in [0.15, 0.2) is 0 Å². The van der Waals surface area contributed by atoms with Crippen LogP contribution in [-0.2, 0) is 11.0 Å². The summed E-state index contributed by atoms with van der Waals surface area (Å²) in [5.41, 5.74) is -0.460. The van der Waals surface area contributed by atoms with Crippen LogP contribution in [0.15, 0.2) is 58.2 Å². The van der Waals surface area contributed by atoms with Gasteiger partial charge in [-0.1, -0.05) is 30.0 Å². The SMILES string of the molecule is O=C(CSc1nnc(-c2ccccc2O)o1)Nc1cccc(C(F)(F)F)c1. The molecule has 0 radical (unpaired) electrons. The van der Waals surface area contributed by atoms with Crippen molar-refractivity contribution in [1.82, 2.24) is 10.2 Å². The third-order valence-corrected chi connectivity index (χ3v) is 4.16. The van der Waals surface area contributed by atoms with Crippen molar-refractivity contribution in [2.45, 2.75) is 11.4 Å². The van der Waals surface area contributed by atoms with Crippen LogP contribution < -0.4 is 5.32 Å². The van der Waals surface area contributed by atoms with Gasteiger partial charge in [-0.05, 0) is 30.3 Å². The summed E-state index contributed by atoms with van der Waals surface area (Å²) in [6.07, 6.45) is -4.49. The number of hydrogen-bond acceptors (Lipinski definition) is 6. The molecule has 6 nitrogen and oxygen atoms in total. The molecule has 0 aliphatic rings. The van der Waals surface area contributed by atoms with Crippen LogP contribution in [0.2, 0.25) is 0 Å². The highest BCUT2D eigenvalue weighted by molar-refractivity contribution is 7.99. The number of thioether (sulfide) groups is 1. The number of carbonyl (C=O) groups excluding carboxylic acids is 1. The molecule has 0 spiro atoms. The van der Waals surface area contributed by atoms with Crippen LogP contribution in [0.25, 0.3) is 11.5 Å². The van der Waals surface area contributed by atoms with Gasteiger partial charge < -0.3 is 14.8 Å². The Bertz CT molecular complexity index is 960. The molecule has 10 heteroatoms. The molecule has 2 aromatic carbocycles. The van der Waals surface area contributed by atoms with E-state index in [1.165, 1.54) is 18.2 Å². The lowest BCUT2D eigenvalue weighted by Crippen LogP contribution is -2.15. The number of carbonyl (C=O) groups is 1. The van der Waals surface area contributed by atoms with Crippen molar-refractivity contribution in [2.75, 3.05) is 11.1 Å². The first-order valence-electron chi connectivity index (χ1n) is 7.55. The highest BCUT2D eigenvalue weighted by Gasteiger charge is 2.30. The molecular weight excluding hydrogens is 383 g/mol. The number of hydrogen-bond donors (Lipinski definition) is 2. The second kappa shape index (κ2) is 7.70. The fourth-order valence-corrected chi connectivity index (χ4v) is 2.69. The van der Waals surface area contributed by atoms with E-state index in [0.717, 1.165) is 23.9 Å². The van der Waals surface area contributed by atoms with E-state index in [4.69, 9.17) is 4.42 Å². The van der Waals surface area contributed by atoms with Crippen molar-refractivity contribution >= 4 is 23.4 Å². The highest BCUT2D eigenvalue weighted by Crippen LogP contribution is 2.31. The van der Waals surface area contributed by atoms with Crippen LogP contribution in [0.1, 0.15) is 5.56 Å². The van der Waals surface area contributed by atoms with E-state index in [1.54, 1.807) is 18.2 Å². The largest absolute Gasteiger partial charge is 0.507 e. The number of alkyl halides is 3. The molecule has 2 N–H and O–H groups in total. The Hall–Kier alpha value is -3.01. The van der Waals surface area contributed by atoms with E-state index in [-0.39, 0.29) is 28.3 Å². The van der Waals surface area contributed by atoms with Crippen LogP contribution in [0, 0.1) is 0 Å². The topological polar surface area (TPSA) is 88.2 Å². The van der Waals surface area contributed by atoms with E-state index >= 15 is 0 Å². The minimum atomic E-state index is -4.49. The molecule has 27 heavy (non-hydrogen) atoms. The number of rotatable bonds is 5. The predicted octanol–water partition coefficient (Wildman–Crippen LogP) is 4.19. The summed E-state index contributed by atoms with van der Waals surface area (Å²) in [5, 5.41) is 19.8. The molecule has 0 bridgehead atoms. The molecule has 140 valence electrons. The number of phenols is 1. The molecule has 0 fully saturated rings. The minimum absolute atomic E-state index is 0.0278. The average molecular weight is 395 g/mol. The second-order valence-corrected chi connectivity index (χ2v) is 6.23. The molecule has 1 amide bonds. The maximum atomic E-state index is 12.7. The van der Waals surface area contributed by atoms with Gasteiger partial charge in [0, 0.05) is 5.69 Å². The lowest BCUT2D eigenvalue weighted by molar-refractivity contribution is -0.137.